The zero-order chi connectivity index (χ0) is 18.8. The molecule has 7 nitrogen and oxygen atoms in total. The number of hydrogen-bond donors (Lipinski definition) is 1. The van der Waals surface area contributed by atoms with Gasteiger partial charge in [0.05, 0.1) is 11.6 Å². The van der Waals surface area contributed by atoms with Crippen LogP contribution in [0, 0.1) is 18.3 Å². The monoisotopic (exact) mass is 357 g/mol. The maximum absolute atomic E-state index is 12.4. The van der Waals surface area contributed by atoms with Crippen LogP contribution >= 0.6 is 0 Å². The molecule has 1 amide bonds. The topological polar surface area (TPSA) is 96.7 Å². The molecule has 0 atom stereocenters. The Labute approximate surface area is 154 Å². The van der Waals surface area contributed by atoms with Crippen molar-refractivity contribution in [1.82, 2.24) is 14.8 Å². The Bertz CT molecular complexity index is 1180. The lowest BCUT2D eigenvalue weighted by Gasteiger charge is -2.08. The quantitative estimate of drug-likeness (QED) is 0.603. The first-order chi connectivity index (χ1) is 13.1. The Morgan fingerprint density at radius 3 is 2.89 bits per heavy atom. The number of anilines is 1. The van der Waals surface area contributed by atoms with Crippen molar-refractivity contribution in [2.75, 3.05) is 5.32 Å². The number of benzene rings is 2. The second-order valence-electron chi connectivity index (χ2n) is 6.08. The van der Waals surface area contributed by atoms with Gasteiger partial charge in [0.1, 0.15) is 6.54 Å². The molecular weight excluding hydrogens is 342 g/mol. The number of carbonyl (C=O) groups is 1. The van der Waals surface area contributed by atoms with Gasteiger partial charge in [-0.1, -0.05) is 12.1 Å². The van der Waals surface area contributed by atoms with Crippen LogP contribution < -0.4 is 5.32 Å². The second-order valence-corrected chi connectivity index (χ2v) is 6.08. The van der Waals surface area contributed by atoms with Crippen molar-refractivity contribution >= 4 is 22.5 Å². The van der Waals surface area contributed by atoms with Gasteiger partial charge in [-0.3, -0.25) is 4.79 Å². The van der Waals surface area contributed by atoms with Crippen LogP contribution in [0.15, 0.2) is 59.1 Å². The van der Waals surface area contributed by atoms with Crippen LogP contribution in [-0.4, -0.2) is 20.7 Å². The number of aromatic nitrogens is 3. The molecular formula is C20H15N5O2. The first-order valence-electron chi connectivity index (χ1n) is 8.32. The van der Waals surface area contributed by atoms with E-state index in [0.29, 0.717) is 23.0 Å². The van der Waals surface area contributed by atoms with Gasteiger partial charge in [0.25, 0.3) is 0 Å². The molecule has 0 unspecified atom stereocenters. The molecule has 0 radical (unpaired) electrons. The van der Waals surface area contributed by atoms with E-state index in [2.05, 4.69) is 21.6 Å². The Morgan fingerprint density at radius 1 is 1.22 bits per heavy atom. The van der Waals surface area contributed by atoms with E-state index in [4.69, 9.17) is 9.68 Å². The Balaban J connectivity index is 1.58. The molecule has 4 aromatic rings. The highest BCUT2D eigenvalue weighted by Crippen LogP contribution is 2.24. The first kappa shape index (κ1) is 16.5. The van der Waals surface area contributed by atoms with E-state index in [1.165, 1.54) is 0 Å². The average molecular weight is 357 g/mol. The minimum Gasteiger partial charge on any atom is -0.421 e. The van der Waals surface area contributed by atoms with Crippen LogP contribution in [0.3, 0.4) is 0 Å². The molecule has 0 saturated carbocycles. The Hall–Kier alpha value is -3.92. The summed E-state index contributed by atoms with van der Waals surface area (Å²) in [7, 11) is 0. The minimum absolute atomic E-state index is 0.145. The fraction of sp³-hybridized carbons (Fsp3) is 0.100. The molecule has 0 spiro atoms. The summed E-state index contributed by atoms with van der Waals surface area (Å²) >= 11 is 0. The van der Waals surface area contributed by atoms with Crippen LogP contribution in [0.25, 0.3) is 22.4 Å². The lowest BCUT2D eigenvalue weighted by Crippen LogP contribution is -2.18. The molecule has 7 heteroatoms. The number of fused-ring (bicyclic) bond motifs is 1. The van der Waals surface area contributed by atoms with Crippen LogP contribution in [0.5, 0.6) is 0 Å². The smallest absolute Gasteiger partial charge is 0.247 e. The van der Waals surface area contributed by atoms with Gasteiger partial charge in [-0.05, 0) is 41.8 Å². The van der Waals surface area contributed by atoms with Gasteiger partial charge in [0.15, 0.2) is 0 Å². The molecule has 1 N–H and O–H groups in total. The van der Waals surface area contributed by atoms with Crippen LogP contribution in [0.4, 0.5) is 5.69 Å². The number of aryl methyl sites for hydroxylation is 1. The molecule has 0 bridgehead atoms. The summed E-state index contributed by atoms with van der Waals surface area (Å²) in [5.74, 6) is 0.765. The van der Waals surface area contributed by atoms with Crippen molar-refractivity contribution < 1.29 is 9.21 Å². The van der Waals surface area contributed by atoms with E-state index in [-0.39, 0.29) is 12.5 Å². The van der Waals surface area contributed by atoms with Gasteiger partial charge in [0.2, 0.25) is 17.7 Å². The van der Waals surface area contributed by atoms with Crippen LogP contribution in [-0.2, 0) is 11.3 Å². The summed E-state index contributed by atoms with van der Waals surface area (Å²) in [5.41, 5.74) is 2.78. The van der Waals surface area contributed by atoms with Gasteiger partial charge in [-0.15, -0.1) is 10.2 Å². The third-order valence-corrected chi connectivity index (χ3v) is 4.14. The van der Waals surface area contributed by atoms with Crippen molar-refractivity contribution in [3.63, 3.8) is 0 Å². The first-order valence-corrected chi connectivity index (χ1v) is 8.32. The van der Waals surface area contributed by atoms with E-state index in [1.54, 1.807) is 31.2 Å². The summed E-state index contributed by atoms with van der Waals surface area (Å²) in [6.07, 6.45) is 1.86. The Kier molecular flexibility index (Phi) is 4.15. The predicted octanol–water partition coefficient (Wildman–Crippen LogP) is 3.51. The van der Waals surface area contributed by atoms with E-state index < -0.39 is 0 Å². The third-order valence-electron chi connectivity index (χ3n) is 4.14. The predicted molar refractivity (Wildman–Crippen MR) is 99.8 cm³/mol. The zero-order valence-electron chi connectivity index (χ0n) is 14.5. The summed E-state index contributed by atoms with van der Waals surface area (Å²) in [6, 6.07) is 16.6. The van der Waals surface area contributed by atoms with Gasteiger partial charge in [0, 0.05) is 29.9 Å². The fourth-order valence-electron chi connectivity index (χ4n) is 2.89. The third kappa shape index (κ3) is 3.41. The van der Waals surface area contributed by atoms with Crippen molar-refractivity contribution in [3.8, 4) is 17.5 Å². The molecule has 27 heavy (non-hydrogen) atoms. The molecule has 2 heterocycles. The van der Waals surface area contributed by atoms with Crippen LogP contribution in [0.1, 0.15) is 11.5 Å². The maximum Gasteiger partial charge on any atom is 0.247 e. The fourth-order valence-corrected chi connectivity index (χ4v) is 2.89. The lowest BCUT2D eigenvalue weighted by atomic mass is 10.1. The van der Waals surface area contributed by atoms with Gasteiger partial charge in [-0.25, -0.2) is 0 Å². The number of carbonyl (C=O) groups excluding carboxylic acids is 1. The highest BCUT2D eigenvalue weighted by molar-refractivity contribution is 5.92. The van der Waals surface area contributed by atoms with E-state index in [0.717, 1.165) is 16.5 Å². The standard InChI is InChI=1S/C20H15N5O2/c1-13-23-24-20(27-13)16-6-5-15-7-8-25(18(15)10-16)12-19(26)22-17-4-2-3-14(9-17)11-21/h2-10H,12H2,1H3,(H,22,26). The number of rotatable bonds is 4. The van der Waals surface area contributed by atoms with Gasteiger partial charge in [-0.2, -0.15) is 5.26 Å². The van der Waals surface area contributed by atoms with Crippen molar-refractivity contribution in [2.45, 2.75) is 13.5 Å². The van der Waals surface area contributed by atoms with Crippen molar-refractivity contribution in [3.05, 3.63) is 66.2 Å². The molecule has 2 aromatic carbocycles. The molecule has 0 aliphatic rings. The van der Waals surface area contributed by atoms with Gasteiger partial charge >= 0.3 is 0 Å². The van der Waals surface area contributed by atoms with E-state index >= 15 is 0 Å². The second kappa shape index (κ2) is 6.77. The van der Waals surface area contributed by atoms with E-state index in [1.807, 2.05) is 35.0 Å². The number of nitrogens with zero attached hydrogens (tertiary/aromatic N) is 4. The normalized spacial score (nSPS) is 10.7. The van der Waals surface area contributed by atoms with E-state index in [9.17, 15) is 4.79 Å². The highest BCUT2D eigenvalue weighted by Gasteiger charge is 2.11. The maximum atomic E-state index is 12.4. The summed E-state index contributed by atoms with van der Waals surface area (Å²) in [6.45, 7) is 1.88. The minimum atomic E-state index is -0.179. The summed E-state index contributed by atoms with van der Waals surface area (Å²) < 4.78 is 7.33. The van der Waals surface area contributed by atoms with Crippen LogP contribution in [0.2, 0.25) is 0 Å². The summed E-state index contributed by atoms with van der Waals surface area (Å²) in [4.78, 5) is 12.4. The molecule has 0 saturated heterocycles. The average Bonchev–Trinajstić information content (AvgIpc) is 3.28. The number of amides is 1. The molecule has 0 aliphatic carbocycles. The molecule has 4 rings (SSSR count). The lowest BCUT2D eigenvalue weighted by molar-refractivity contribution is -0.116. The molecule has 132 valence electrons. The SMILES string of the molecule is Cc1nnc(-c2ccc3ccn(CC(=O)Nc4cccc(C#N)c4)c3c2)o1. The van der Waals surface area contributed by atoms with Crippen molar-refractivity contribution in [2.24, 2.45) is 0 Å². The molecule has 0 aliphatic heterocycles. The zero-order valence-corrected chi connectivity index (χ0v) is 14.5. The van der Waals surface area contributed by atoms with Gasteiger partial charge < -0.3 is 14.3 Å². The Morgan fingerprint density at radius 2 is 2.11 bits per heavy atom. The largest absolute Gasteiger partial charge is 0.421 e. The molecule has 0 fully saturated rings. The number of hydrogen-bond acceptors (Lipinski definition) is 5. The molecule has 2 aromatic heterocycles. The van der Waals surface area contributed by atoms with Crippen molar-refractivity contribution in [1.29, 1.82) is 5.26 Å². The summed E-state index contributed by atoms with van der Waals surface area (Å²) in [5, 5.41) is 20.7. The number of nitriles is 1. The highest BCUT2D eigenvalue weighted by atomic mass is 16.4. The number of nitrogens with one attached hydrogen (secondary N) is 1.